The number of rotatable bonds is 5. The second kappa shape index (κ2) is 7.06. The first-order valence-electron chi connectivity index (χ1n) is 6.73. The fourth-order valence-electron chi connectivity index (χ4n) is 2.29. The van der Waals surface area contributed by atoms with E-state index in [4.69, 9.17) is 0 Å². The molecule has 1 heterocycles. The molecule has 0 aromatic heterocycles. The number of piperidine rings is 1. The van der Waals surface area contributed by atoms with E-state index in [2.05, 4.69) is 27.4 Å². The number of benzene rings is 1. The summed E-state index contributed by atoms with van der Waals surface area (Å²) in [5, 5.41) is 0. The van der Waals surface area contributed by atoms with E-state index >= 15 is 0 Å². The fourth-order valence-corrected chi connectivity index (χ4v) is 2.29. The van der Waals surface area contributed by atoms with Crippen LogP contribution in [0.3, 0.4) is 0 Å². The molecule has 20 heavy (non-hydrogen) atoms. The minimum Gasteiger partial charge on any atom is -0.299 e. The van der Waals surface area contributed by atoms with Gasteiger partial charge < -0.3 is 0 Å². The number of hydrogen-bond donors (Lipinski definition) is 1. The summed E-state index contributed by atoms with van der Waals surface area (Å²) in [4.78, 5) is 6.80. The van der Waals surface area contributed by atoms with Gasteiger partial charge in [0.15, 0.2) is 6.61 Å². The van der Waals surface area contributed by atoms with Crippen molar-refractivity contribution in [2.24, 2.45) is 0 Å². The van der Waals surface area contributed by atoms with Crippen LogP contribution in [0.25, 0.3) is 0 Å². The third kappa shape index (κ3) is 5.48. The van der Waals surface area contributed by atoms with Crippen molar-refractivity contribution in [2.75, 3.05) is 19.7 Å². The van der Waals surface area contributed by atoms with E-state index in [1.165, 1.54) is 5.56 Å². The Kier molecular flexibility index (Phi) is 5.39. The zero-order valence-corrected chi connectivity index (χ0v) is 11.2. The van der Waals surface area contributed by atoms with Gasteiger partial charge in [-0.2, -0.15) is 18.7 Å². The van der Waals surface area contributed by atoms with Crippen molar-refractivity contribution in [1.82, 2.24) is 10.4 Å². The quantitative estimate of drug-likeness (QED) is 0.843. The highest BCUT2D eigenvalue weighted by Gasteiger charge is 2.28. The molecule has 0 unspecified atom stereocenters. The molecule has 2 rings (SSSR count). The smallest absolute Gasteiger partial charge is 0.299 e. The van der Waals surface area contributed by atoms with Crippen LogP contribution < -0.4 is 5.48 Å². The molecule has 0 aliphatic carbocycles. The minimum atomic E-state index is -4.28. The van der Waals surface area contributed by atoms with E-state index in [-0.39, 0.29) is 6.04 Å². The predicted molar refractivity (Wildman–Crippen MR) is 69.9 cm³/mol. The fraction of sp³-hybridized carbons (Fsp3) is 0.571. The highest BCUT2D eigenvalue weighted by molar-refractivity contribution is 5.14. The molecular weight excluding hydrogens is 269 g/mol. The van der Waals surface area contributed by atoms with Crippen LogP contribution in [0.2, 0.25) is 0 Å². The number of hydrogen-bond acceptors (Lipinski definition) is 3. The molecule has 112 valence electrons. The number of nitrogens with zero attached hydrogens (tertiary/aromatic N) is 1. The standard InChI is InChI=1S/C14H19F3N2O/c15-14(16,17)11-20-18-13-6-8-19(9-7-13)10-12-4-2-1-3-5-12/h1-5,13,18H,6-11H2. The topological polar surface area (TPSA) is 24.5 Å². The molecular formula is C14H19F3N2O. The first kappa shape index (κ1) is 15.3. The summed E-state index contributed by atoms with van der Waals surface area (Å²) in [7, 11) is 0. The van der Waals surface area contributed by atoms with Crippen LogP contribution in [0.1, 0.15) is 18.4 Å². The molecule has 1 saturated heterocycles. The van der Waals surface area contributed by atoms with Gasteiger partial charge >= 0.3 is 6.18 Å². The maximum atomic E-state index is 11.9. The zero-order chi connectivity index (χ0) is 14.4. The number of hydroxylamine groups is 1. The molecule has 0 bridgehead atoms. The van der Waals surface area contributed by atoms with Crippen molar-refractivity contribution in [3.05, 3.63) is 35.9 Å². The van der Waals surface area contributed by atoms with Crippen molar-refractivity contribution in [2.45, 2.75) is 31.6 Å². The molecule has 0 amide bonds. The SMILES string of the molecule is FC(F)(F)CONC1CCN(Cc2ccccc2)CC1. The highest BCUT2D eigenvalue weighted by Crippen LogP contribution is 2.16. The monoisotopic (exact) mass is 288 g/mol. The van der Waals surface area contributed by atoms with Crippen LogP contribution in [0.4, 0.5) is 13.2 Å². The van der Waals surface area contributed by atoms with Crippen molar-refractivity contribution in [3.8, 4) is 0 Å². The summed E-state index contributed by atoms with van der Waals surface area (Å²) in [6.07, 6.45) is -2.68. The molecule has 1 aliphatic heterocycles. The Morgan fingerprint density at radius 3 is 2.40 bits per heavy atom. The molecule has 0 radical (unpaired) electrons. The predicted octanol–water partition coefficient (Wildman–Crippen LogP) is 2.73. The van der Waals surface area contributed by atoms with E-state index in [0.29, 0.717) is 0 Å². The van der Waals surface area contributed by atoms with Crippen LogP contribution in [-0.4, -0.2) is 36.8 Å². The van der Waals surface area contributed by atoms with Gasteiger partial charge in [0.05, 0.1) is 0 Å². The molecule has 6 heteroatoms. The van der Waals surface area contributed by atoms with E-state index in [9.17, 15) is 13.2 Å². The Hall–Kier alpha value is -1.11. The lowest BCUT2D eigenvalue weighted by atomic mass is 10.1. The molecule has 1 aliphatic rings. The van der Waals surface area contributed by atoms with Crippen molar-refractivity contribution < 1.29 is 18.0 Å². The van der Waals surface area contributed by atoms with Crippen molar-refractivity contribution >= 4 is 0 Å². The molecule has 1 aromatic carbocycles. The maximum absolute atomic E-state index is 11.9. The number of likely N-dealkylation sites (tertiary alicyclic amines) is 1. The maximum Gasteiger partial charge on any atom is 0.413 e. The lowest BCUT2D eigenvalue weighted by Crippen LogP contribution is -2.43. The van der Waals surface area contributed by atoms with Crippen LogP contribution in [-0.2, 0) is 11.4 Å². The molecule has 1 fully saturated rings. The van der Waals surface area contributed by atoms with Crippen LogP contribution in [0, 0.1) is 0 Å². The Balaban J connectivity index is 1.65. The van der Waals surface area contributed by atoms with Gasteiger partial charge in [0.2, 0.25) is 0 Å². The summed E-state index contributed by atoms with van der Waals surface area (Å²) in [6, 6.07) is 10.2. The molecule has 1 N–H and O–H groups in total. The lowest BCUT2D eigenvalue weighted by Gasteiger charge is -2.32. The van der Waals surface area contributed by atoms with Gasteiger partial charge in [-0.25, -0.2) is 0 Å². The third-order valence-corrected chi connectivity index (χ3v) is 3.32. The first-order chi connectivity index (χ1) is 9.53. The van der Waals surface area contributed by atoms with E-state index < -0.39 is 12.8 Å². The summed E-state index contributed by atoms with van der Waals surface area (Å²) in [5.41, 5.74) is 3.77. The first-order valence-corrected chi connectivity index (χ1v) is 6.73. The molecule has 0 atom stereocenters. The summed E-state index contributed by atoms with van der Waals surface area (Å²) in [5.74, 6) is 0. The van der Waals surface area contributed by atoms with Gasteiger partial charge in [0, 0.05) is 25.7 Å². The second-order valence-electron chi connectivity index (χ2n) is 5.06. The number of nitrogens with one attached hydrogen (secondary N) is 1. The van der Waals surface area contributed by atoms with Crippen LogP contribution in [0.15, 0.2) is 30.3 Å². The summed E-state index contributed by atoms with van der Waals surface area (Å²) in [6.45, 7) is 1.37. The summed E-state index contributed by atoms with van der Waals surface area (Å²) < 4.78 is 35.8. The van der Waals surface area contributed by atoms with Crippen molar-refractivity contribution in [3.63, 3.8) is 0 Å². The largest absolute Gasteiger partial charge is 0.413 e. The number of alkyl halides is 3. The van der Waals surface area contributed by atoms with E-state index in [0.717, 1.165) is 32.5 Å². The molecule has 0 saturated carbocycles. The van der Waals surface area contributed by atoms with Crippen LogP contribution >= 0.6 is 0 Å². The lowest BCUT2D eigenvalue weighted by molar-refractivity contribution is -0.194. The Morgan fingerprint density at radius 1 is 1.15 bits per heavy atom. The van der Waals surface area contributed by atoms with Gasteiger partial charge in [-0.1, -0.05) is 30.3 Å². The van der Waals surface area contributed by atoms with Gasteiger partial charge in [-0.05, 0) is 18.4 Å². The Bertz CT molecular complexity index is 389. The molecule has 1 aromatic rings. The average Bonchev–Trinajstić information content (AvgIpc) is 2.41. The molecule has 3 nitrogen and oxygen atoms in total. The Morgan fingerprint density at radius 2 is 1.80 bits per heavy atom. The zero-order valence-electron chi connectivity index (χ0n) is 11.2. The third-order valence-electron chi connectivity index (χ3n) is 3.32. The van der Waals surface area contributed by atoms with Gasteiger partial charge in [-0.3, -0.25) is 9.74 Å². The van der Waals surface area contributed by atoms with Gasteiger partial charge in [0.1, 0.15) is 0 Å². The van der Waals surface area contributed by atoms with Gasteiger partial charge in [0.25, 0.3) is 0 Å². The average molecular weight is 288 g/mol. The van der Waals surface area contributed by atoms with Crippen molar-refractivity contribution in [1.29, 1.82) is 0 Å². The van der Waals surface area contributed by atoms with E-state index in [1.807, 2.05) is 18.2 Å². The second-order valence-corrected chi connectivity index (χ2v) is 5.06. The summed E-state index contributed by atoms with van der Waals surface area (Å²) >= 11 is 0. The Labute approximate surface area is 116 Å². The highest BCUT2D eigenvalue weighted by atomic mass is 19.4. The minimum absolute atomic E-state index is 0.00405. The molecule has 0 spiro atoms. The van der Waals surface area contributed by atoms with Gasteiger partial charge in [-0.15, -0.1) is 0 Å². The number of halogens is 3. The van der Waals surface area contributed by atoms with E-state index in [1.54, 1.807) is 0 Å². The normalized spacial score (nSPS) is 18.4. The van der Waals surface area contributed by atoms with Crippen LogP contribution in [0.5, 0.6) is 0 Å².